The quantitative estimate of drug-likeness (QED) is 0.805. The molecule has 0 aromatic carbocycles. The zero-order chi connectivity index (χ0) is 11.7. The minimum absolute atomic E-state index is 0.242. The van der Waals surface area contributed by atoms with Crippen LogP contribution >= 0.6 is 0 Å². The van der Waals surface area contributed by atoms with Crippen LogP contribution in [-0.2, 0) is 11.2 Å². The number of aromatic nitrogens is 2. The Morgan fingerprint density at radius 3 is 3.00 bits per heavy atom. The van der Waals surface area contributed by atoms with Crippen LogP contribution in [0.15, 0.2) is 12.3 Å². The Labute approximate surface area is 92.1 Å². The Morgan fingerprint density at radius 2 is 2.38 bits per heavy atom. The molecule has 0 unspecified atom stereocenters. The number of aryl methyl sites for hydroxylation is 2. The van der Waals surface area contributed by atoms with E-state index >= 15 is 0 Å². The Kier molecular flexibility index (Phi) is 2.60. The van der Waals surface area contributed by atoms with E-state index in [-0.39, 0.29) is 11.5 Å². The van der Waals surface area contributed by atoms with E-state index < -0.39 is 0 Å². The van der Waals surface area contributed by atoms with Crippen LogP contribution in [0.25, 0.3) is 5.65 Å². The predicted molar refractivity (Wildman–Crippen MR) is 59.0 cm³/mol. The topological polar surface area (TPSA) is 46.4 Å². The first-order valence-electron chi connectivity index (χ1n) is 5.04. The number of carbonyl (C=O) groups excluding carboxylic acids is 1. The van der Waals surface area contributed by atoms with Gasteiger partial charge in [-0.2, -0.15) is 0 Å². The van der Waals surface area contributed by atoms with Crippen molar-refractivity contribution in [3.63, 3.8) is 0 Å². The van der Waals surface area contributed by atoms with Crippen LogP contribution < -0.4 is 5.32 Å². The summed E-state index contributed by atoms with van der Waals surface area (Å²) in [5.41, 5.74) is 1.70. The standard InChI is InChI=1S/C11H12FN3O/c1-3-9-11(13-6-16)15-5-7(2)4-8(12)10(15)14-9/h4-6H,3H2,1-2H3,(H,13,16). The number of carbonyl (C=O) groups is 1. The fraction of sp³-hybridized carbons (Fsp3) is 0.273. The second-order valence-corrected chi connectivity index (χ2v) is 3.58. The molecule has 2 aromatic heterocycles. The van der Waals surface area contributed by atoms with Gasteiger partial charge in [0, 0.05) is 6.20 Å². The van der Waals surface area contributed by atoms with Crippen molar-refractivity contribution in [2.24, 2.45) is 0 Å². The molecule has 1 amide bonds. The monoisotopic (exact) mass is 221 g/mol. The number of rotatable bonds is 3. The largest absolute Gasteiger partial charge is 0.313 e. The van der Waals surface area contributed by atoms with Gasteiger partial charge in [-0.1, -0.05) is 6.92 Å². The third-order valence-electron chi connectivity index (χ3n) is 2.41. The van der Waals surface area contributed by atoms with Crippen LogP contribution in [0.4, 0.5) is 10.2 Å². The van der Waals surface area contributed by atoms with Gasteiger partial charge >= 0.3 is 0 Å². The third-order valence-corrected chi connectivity index (χ3v) is 2.41. The predicted octanol–water partition coefficient (Wildman–Crippen LogP) is 1.91. The zero-order valence-corrected chi connectivity index (χ0v) is 9.12. The number of hydrogen-bond donors (Lipinski definition) is 1. The molecule has 16 heavy (non-hydrogen) atoms. The second kappa shape index (κ2) is 3.92. The molecule has 4 nitrogen and oxygen atoms in total. The molecule has 1 N–H and O–H groups in total. The maximum absolute atomic E-state index is 13.6. The van der Waals surface area contributed by atoms with Crippen LogP contribution in [-0.4, -0.2) is 15.8 Å². The maximum Gasteiger partial charge on any atom is 0.212 e. The molecule has 2 heterocycles. The summed E-state index contributed by atoms with van der Waals surface area (Å²) in [4.78, 5) is 14.7. The number of nitrogens with zero attached hydrogens (tertiary/aromatic N) is 2. The highest BCUT2D eigenvalue weighted by molar-refractivity contribution is 5.73. The lowest BCUT2D eigenvalue weighted by Crippen LogP contribution is -2.01. The van der Waals surface area contributed by atoms with E-state index in [0.717, 1.165) is 5.56 Å². The summed E-state index contributed by atoms with van der Waals surface area (Å²) in [5.74, 6) is 0.156. The summed E-state index contributed by atoms with van der Waals surface area (Å²) in [5, 5.41) is 2.56. The molecule has 0 fully saturated rings. The van der Waals surface area contributed by atoms with Gasteiger partial charge in [0.2, 0.25) is 6.41 Å². The van der Waals surface area contributed by atoms with Gasteiger partial charge in [0.15, 0.2) is 11.5 Å². The second-order valence-electron chi connectivity index (χ2n) is 3.58. The lowest BCUT2D eigenvalue weighted by Gasteiger charge is -2.02. The number of halogens is 1. The first-order valence-corrected chi connectivity index (χ1v) is 5.04. The van der Waals surface area contributed by atoms with Gasteiger partial charge in [-0.15, -0.1) is 0 Å². The van der Waals surface area contributed by atoms with Gasteiger partial charge < -0.3 is 5.32 Å². The van der Waals surface area contributed by atoms with Crippen molar-refractivity contribution >= 4 is 17.9 Å². The molecule has 84 valence electrons. The summed E-state index contributed by atoms with van der Waals surface area (Å²) in [6.45, 7) is 3.70. The Morgan fingerprint density at radius 1 is 1.62 bits per heavy atom. The van der Waals surface area contributed by atoms with Gasteiger partial charge in [0.25, 0.3) is 0 Å². The molecule has 0 aliphatic heterocycles. The number of imidazole rings is 1. The smallest absolute Gasteiger partial charge is 0.212 e. The fourth-order valence-corrected chi connectivity index (χ4v) is 1.73. The number of anilines is 1. The highest BCUT2D eigenvalue weighted by Crippen LogP contribution is 2.21. The van der Waals surface area contributed by atoms with E-state index in [1.807, 2.05) is 6.92 Å². The van der Waals surface area contributed by atoms with Crippen LogP contribution in [0.2, 0.25) is 0 Å². The van der Waals surface area contributed by atoms with E-state index in [0.29, 0.717) is 24.3 Å². The molecule has 0 radical (unpaired) electrons. The molecule has 0 atom stereocenters. The molecule has 0 spiro atoms. The highest BCUT2D eigenvalue weighted by Gasteiger charge is 2.13. The van der Waals surface area contributed by atoms with Gasteiger partial charge in [-0.3, -0.25) is 9.20 Å². The summed E-state index contributed by atoms with van der Waals surface area (Å²) < 4.78 is 15.2. The van der Waals surface area contributed by atoms with Crippen molar-refractivity contribution in [3.05, 3.63) is 29.3 Å². The first-order chi connectivity index (χ1) is 7.67. The van der Waals surface area contributed by atoms with Crippen LogP contribution in [0.1, 0.15) is 18.2 Å². The molecule has 2 rings (SSSR count). The molecular formula is C11H12FN3O. The van der Waals surface area contributed by atoms with Crippen LogP contribution in [0.3, 0.4) is 0 Å². The van der Waals surface area contributed by atoms with Gasteiger partial charge in [0.05, 0.1) is 5.69 Å². The molecule has 0 bridgehead atoms. The molecule has 0 saturated carbocycles. The van der Waals surface area contributed by atoms with Crippen molar-refractivity contribution < 1.29 is 9.18 Å². The van der Waals surface area contributed by atoms with Crippen molar-refractivity contribution in [1.29, 1.82) is 0 Å². The molecule has 2 aromatic rings. The number of hydrogen-bond acceptors (Lipinski definition) is 2. The van der Waals surface area contributed by atoms with Crippen molar-refractivity contribution in [2.45, 2.75) is 20.3 Å². The minimum atomic E-state index is -0.381. The van der Waals surface area contributed by atoms with Gasteiger partial charge in [-0.25, -0.2) is 9.37 Å². The number of nitrogens with one attached hydrogen (secondary N) is 1. The van der Waals surface area contributed by atoms with E-state index in [1.54, 1.807) is 17.5 Å². The molecule has 0 aliphatic rings. The number of fused-ring (bicyclic) bond motifs is 1. The van der Waals surface area contributed by atoms with Crippen LogP contribution in [0.5, 0.6) is 0 Å². The van der Waals surface area contributed by atoms with Gasteiger partial charge in [0.1, 0.15) is 5.82 Å². The molecule has 0 aliphatic carbocycles. The Bertz CT molecular complexity index is 548. The SMILES string of the molecule is CCc1nc2c(F)cc(C)cn2c1NC=O. The number of amides is 1. The Balaban J connectivity index is 2.78. The van der Waals surface area contributed by atoms with E-state index in [9.17, 15) is 9.18 Å². The zero-order valence-electron chi connectivity index (χ0n) is 9.12. The lowest BCUT2D eigenvalue weighted by atomic mass is 10.3. The lowest BCUT2D eigenvalue weighted by molar-refractivity contribution is -0.105. The van der Waals surface area contributed by atoms with Crippen molar-refractivity contribution in [3.8, 4) is 0 Å². The highest BCUT2D eigenvalue weighted by atomic mass is 19.1. The van der Waals surface area contributed by atoms with E-state index in [1.165, 1.54) is 6.07 Å². The average Bonchev–Trinajstić information content (AvgIpc) is 2.58. The van der Waals surface area contributed by atoms with Gasteiger partial charge in [-0.05, 0) is 25.0 Å². The fourth-order valence-electron chi connectivity index (χ4n) is 1.73. The normalized spacial score (nSPS) is 10.7. The van der Waals surface area contributed by atoms with Crippen LogP contribution in [0, 0.1) is 12.7 Å². The van der Waals surface area contributed by atoms with Crippen molar-refractivity contribution in [1.82, 2.24) is 9.38 Å². The summed E-state index contributed by atoms with van der Waals surface area (Å²) >= 11 is 0. The molecular weight excluding hydrogens is 209 g/mol. The summed E-state index contributed by atoms with van der Waals surface area (Å²) in [7, 11) is 0. The average molecular weight is 221 g/mol. The molecule has 5 heteroatoms. The maximum atomic E-state index is 13.6. The van der Waals surface area contributed by atoms with E-state index in [4.69, 9.17) is 0 Å². The third kappa shape index (κ3) is 1.54. The Hall–Kier alpha value is -1.91. The number of pyridine rings is 1. The minimum Gasteiger partial charge on any atom is -0.313 e. The summed E-state index contributed by atoms with van der Waals surface area (Å²) in [6.07, 6.45) is 2.95. The van der Waals surface area contributed by atoms with E-state index in [2.05, 4.69) is 10.3 Å². The summed E-state index contributed by atoms with van der Waals surface area (Å²) in [6, 6.07) is 1.42. The molecule has 0 saturated heterocycles. The van der Waals surface area contributed by atoms with Crippen molar-refractivity contribution in [2.75, 3.05) is 5.32 Å². The first kappa shape index (κ1) is 10.6.